The third-order valence-corrected chi connectivity index (χ3v) is 3.22. The normalized spacial score (nSPS) is 18.6. The van der Waals surface area contributed by atoms with E-state index < -0.39 is 11.6 Å². The van der Waals surface area contributed by atoms with Gasteiger partial charge in [-0.25, -0.2) is 4.79 Å². The van der Waals surface area contributed by atoms with E-state index in [0.29, 0.717) is 18.5 Å². The first-order chi connectivity index (χ1) is 9.78. The molecule has 1 atom stereocenters. The highest BCUT2D eigenvalue weighted by molar-refractivity contribution is 5.96. The fourth-order valence-corrected chi connectivity index (χ4v) is 2.33. The molecule has 2 rings (SSSR count). The van der Waals surface area contributed by atoms with Gasteiger partial charge in [-0.2, -0.15) is 0 Å². The average Bonchev–Trinajstić information content (AvgIpc) is 2.86. The first-order valence-corrected chi connectivity index (χ1v) is 7.00. The number of esters is 1. The summed E-state index contributed by atoms with van der Waals surface area (Å²) in [7, 11) is 0. The van der Waals surface area contributed by atoms with E-state index in [9.17, 15) is 14.4 Å². The number of hydrogen-bond donors (Lipinski definition) is 1. The molecule has 0 bridgehead atoms. The van der Waals surface area contributed by atoms with Crippen LogP contribution in [0.25, 0.3) is 0 Å². The molecule has 0 radical (unpaired) electrons. The quantitative estimate of drug-likeness (QED) is 0.834. The van der Waals surface area contributed by atoms with Crippen LogP contribution >= 0.6 is 0 Å². The predicted molar refractivity (Wildman–Crippen MR) is 77.0 cm³/mol. The Labute approximate surface area is 123 Å². The Morgan fingerprint density at radius 3 is 2.62 bits per heavy atom. The lowest BCUT2D eigenvalue weighted by Gasteiger charge is -2.27. The number of amides is 1. The van der Waals surface area contributed by atoms with Crippen LogP contribution in [0.1, 0.15) is 44.0 Å². The lowest BCUT2D eigenvalue weighted by atomic mass is 10.1. The van der Waals surface area contributed by atoms with Crippen LogP contribution in [0, 0.1) is 0 Å². The summed E-state index contributed by atoms with van der Waals surface area (Å²) in [5.74, 6) is -0.641. The Morgan fingerprint density at radius 1 is 1.33 bits per heavy atom. The number of likely N-dealkylation sites (tertiary alicyclic amines) is 1. The molecule has 2 heterocycles. The van der Waals surface area contributed by atoms with Crippen molar-refractivity contribution in [2.45, 2.75) is 45.3 Å². The molecular formula is C15H20N2O4. The monoisotopic (exact) mass is 292 g/mol. The summed E-state index contributed by atoms with van der Waals surface area (Å²) in [6.07, 6.45) is 2.73. The second kappa shape index (κ2) is 5.71. The van der Waals surface area contributed by atoms with Gasteiger partial charge in [-0.15, -0.1) is 0 Å². The molecule has 1 aliphatic rings. The van der Waals surface area contributed by atoms with Crippen molar-refractivity contribution in [2.24, 2.45) is 0 Å². The lowest BCUT2D eigenvalue weighted by Crippen LogP contribution is -2.43. The number of hydrogen-bond acceptors (Lipinski definition) is 4. The molecule has 1 aromatic heterocycles. The molecule has 0 aromatic carbocycles. The number of aromatic amines is 1. The summed E-state index contributed by atoms with van der Waals surface area (Å²) < 4.78 is 5.37. The van der Waals surface area contributed by atoms with Gasteiger partial charge in [0.25, 0.3) is 5.91 Å². The van der Waals surface area contributed by atoms with Crippen molar-refractivity contribution in [3.05, 3.63) is 34.2 Å². The topological polar surface area (TPSA) is 79.5 Å². The van der Waals surface area contributed by atoms with Crippen LogP contribution in [0.5, 0.6) is 0 Å². The minimum absolute atomic E-state index is 0.264. The Balaban J connectivity index is 2.14. The molecule has 1 fully saturated rings. The van der Waals surface area contributed by atoms with Gasteiger partial charge in [0.2, 0.25) is 5.56 Å². The zero-order chi connectivity index (χ0) is 15.6. The minimum Gasteiger partial charge on any atom is -0.458 e. The van der Waals surface area contributed by atoms with E-state index in [1.54, 1.807) is 20.8 Å². The molecule has 1 saturated heterocycles. The number of H-pyrrole nitrogens is 1. The first-order valence-electron chi connectivity index (χ1n) is 7.00. The van der Waals surface area contributed by atoms with Gasteiger partial charge in [-0.3, -0.25) is 9.59 Å². The Bertz CT molecular complexity index is 580. The number of nitrogens with zero attached hydrogens (tertiary/aromatic N) is 1. The second-order valence-corrected chi connectivity index (χ2v) is 6.13. The zero-order valence-corrected chi connectivity index (χ0v) is 12.5. The van der Waals surface area contributed by atoms with Crippen LogP contribution in [0.3, 0.4) is 0 Å². The van der Waals surface area contributed by atoms with E-state index in [2.05, 4.69) is 4.98 Å². The van der Waals surface area contributed by atoms with Gasteiger partial charge < -0.3 is 14.6 Å². The fraction of sp³-hybridized carbons (Fsp3) is 0.533. The molecule has 6 nitrogen and oxygen atoms in total. The molecule has 0 aliphatic carbocycles. The number of aromatic nitrogens is 1. The summed E-state index contributed by atoms with van der Waals surface area (Å²) >= 11 is 0. The van der Waals surface area contributed by atoms with Crippen LogP contribution in [0.15, 0.2) is 23.1 Å². The van der Waals surface area contributed by atoms with Crippen molar-refractivity contribution in [1.29, 1.82) is 0 Å². The third kappa shape index (κ3) is 3.71. The van der Waals surface area contributed by atoms with Gasteiger partial charge in [-0.1, -0.05) is 0 Å². The van der Waals surface area contributed by atoms with E-state index in [-0.39, 0.29) is 17.4 Å². The van der Waals surface area contributed by atoms with E-state index in [4.69, 9.17) is 4.74 Å². The molecule has 1 N–H and O–H groups in total. The molecule has 0 unspecified atom stereocenters. The van der Waals surface area contributed by atoms with Gasteiger partial charge in [0.05, 0.1) is 5.56 Å². The SMILES string of the molecule is CC(C)(C)OC(=O)[C@@H]1CCCN1C(=O)c1ccc(=O)[nH]c1. The van der Waals surface area contributed by atoms with Crippen molar-refractivity contribution in [2.75, 3.05) is 6.54 Å². The highest BCUT2D eigenvalue weighted by Gasteiger charge is 2.37. The maximum atomic E-state index is 12.4. The van der Waals surface area contributed by atoms with Gasteiger partial charge in [0.15, 0.2) is 0 Å². The Kier molecular flexibility index (Phi) is 4.16. The molecule has 1 aromatic rings. The largest absolute Gasteiger partial charge is 0.458 e. The fourth-order valence-electron chi connectivity index (χ4n) is 2.33. The van der Waals surface area contributed by atoms with E-state index in [1.165, 1.54) is 23.2 Å². The summed E-state index contributed by atoms with van der Waals surface area (Å²) in [5.41, 5.74) is -0.478. The number of pyridine rings is 1. The molecule has 6 heteroatoms. The van der Waals surface area contributed by atoms with Gasteiger partial charge in [-0.05, 0) is 39.7 Å². The molecule has 1 aliphatic heterocycles. The van der Waals surface area contributed by atoms with E-state index >= 15 is 0 Å². The van der Waals surface area contributed by atoms with Crippen LogP contribution in [0.2, 0.25) is 0 Å². The third-order valence-electron chi connectivity index (χ3n) is 3.22. The second-order valence-electron chi connectivity index (χ2n) is 6.13. The minimum atomic E-state index is -0.577. The van der Waals surface area contributed by atoms with Crippen molar-refractivity contribution in [3.63, 3.8) is 0 Å². The van der Waals surface area contributed by atoms with Gasteiger partial charge >= 0.3 is 5.97 Å². The maximum Gasteiger partial charge on any atom is 0.329 e. The zero-order valence-electron chi connectivity index (χ0n) is 12.5. The number of nitrogens with one attached hydrogen (secondary N) is 1. The van der Waals surface area contributed by atoms with Crippen LogP contribution in [-0.4, -0.2) is 39.9 Å². The van der Waals surface area contributed by atoms with Crippen molar-refractivity contribution >= 4 is 11.9 Å². The van der Waals surface area contributed by atoms with Gasteiger partial charge in [0, 0.05) is 18.8 Å². The summed E-state index contributed by atoms with van der Waals surface area (Å²) in [6.45, 7) is 5.91. The lowest BCUT2D eigenvalue weighted by molar-refractivity contribution is -0.159. The predicted octanol–water partition coefficient (Wildman–Crippen LogP) is 1.32. The smallest absolute Gasteiger partial charge is 0.329 e. The molecule has 114 valence electrons. The molecule has 21 heavy (non-hydrogen) atoms. The molecule has 0 spiro atoms. The molecular weight excluding hydrogens is 272 g/mol. The first kappa shape index (κ1) is 15.3. The number of rotatable bonds is 2. The highest BCUT2D eigenvalue weighted by Crippen LogP contribution is 2.22. The van der Waals surface area contributed by atoms with Crippen LogP contribution < -0.4 is 5.56 Å². The Morgan fingerprint density at radius 2 is 2.05 bits per heavy atom. The van der Waals surface area contributed by atoms with E-state index in [0.717, 1.165) is 6.42 Å². The van der Waals surface area contributed by atoms with Crippen molar-refractivity contribution in [3.8, 4) is 0 Å². The number of carbonyl (C=O) groups excluding carboxylic acids is 2. The van der Waals surface area contributed by atoms with Crippen LogP contribution in [-0.2, 0) is 9.53 Å². The van der Waals surface area contributed by atoms with Crippen LogP contribution in [0.4, 0.5) is 0 Å². The van der Waals surface area contributed by atoms with Crippen molar-refractivity contribution < 1.29 is 14.3 Å². The Hall–Kier alpha value is -2.11. The molecule has 0 saturated carbocycles. The average molecular weight is 292 g/mol. The summed E-state index contributed by atoms with van der Waals surface area (Å²) in [5, 5.41) is 0. The van der Waals surface area contributed by atoms with E-state index in [1.807, 2.05) is 0 Å². The summed E-state index contributed by atoms with van der Waals surface area (Å²) in [6, 6.07) is 2.21. The van der Waals surface area contributed by atoms with Crippen molar-refractivity contribution in [1.82, 2.24) is 9.88 Å². The number of ether oxygens (including phenoxy) is 1. The summed E-state index contributed by atoms with van der Waals surface area (Å²) in [4.78, 5) is 39.6. The van der Waals surface area contributed by atoms with Gasteiger partial charge in [0.1, 0.15) is 11.6 Å². The standard InChI is InChI=1S/C15H20N2O4/c1-15(2,3)21-14(20)11-5-4-8-17(11)13(19)10-6-7-12(18)16-9-10/h6-7,9,11H,4-5,8H2,1-3H3,(H,16,18)/t11-/m0/s1. The maximum absolute atomic E-state index is 12.4. The molecule has 1 amide bonds. The number of carbonyl (C=O) groups is 2. The highest BCUT2D eigenvalue weighted by atomic mass is 16.6.